The van der Waals surface area contributed by atoms with Crippen LogP contribution in [0.5, 0.6) is 11.5 Å². The Balaban J connectivity index is 1.56. The zero-order valence-electron chi connectivity index (χ0n) is 20.2. The second-order valence-electron chi connectivity index (χ2n) is 8.18. The lowest BCUT2D eigenvalue weighted by Gasteiger charge is -2.22. The minimum Gasteiger partial charge on any atom is -0.493 e. The van der Waals surface area contributed by atoms with E-state index in [0.29, 0.717) is 28.6 Å². The summed E-state index contributed by atoms with van der Waals surface area (Å²) in [5.74, 6) is 0.514. The molecule has 0 bridgehead atoms. The smallest absolute Gasteiger partial charge is 0.244 e. The number of anilines is 3. The number of carbonyl (C=O) groups is 3. The van der Waals surface area contributed by atoms with Gasteiger partial charge < -0.3 is 25.0 Å². The maximum Gasteiger partial charge on any atom is 0.244 e. The maximum atomic E-state index is 13.4. The van der Waals surface area contributed by atoms with Gasteiger partial charge in [-0.15, -0.1) is 11.8 Å². The molecule has 2 N–H and O–H groups in total. The molecular weight excluding hydrogens is 478 g/mol. The van der Waals surface area contributed by atoms with Crippen molar-refractivity contribution in [2.24, 2.45) is 0 Å². The maximum absolute atomic E-state index is 13.4. The summed E-state index contributed by atoms with van der Waals surface area (Å²) in [7, 11) is 3.16. The third kappa shape index (κ3) is 5.80. The SMILES string of the molecule is COc1ccc([C@H]2CC(=O)N(CC(=O)Nc3cccc(NC(C)=O)c3)c3ccccc3S2)cc1OC. The molecule has 3 amide bonds. The van der Waals surface area contributed by atoms with E-state index in [1.807, 2.05) is 42.5 Å². The topological polar surface area (TPSA) is 97.0 Å². The summed E-state index contributed by atoms with van der Waals surface area (Å²) in [5.41, 5.74) is 2.73. The van der Waals surface area contributed by atoms with Crippen molar-refractivity contribution in [3.05, 3.63) is 72.3 Å². The number of hydrogen-bond donors (Lipinski definition) is 2. The predicted molar refractivity (Wildman–Crippen MR) is 141 cm³/mol. The second kappa shape index (κ2) is 11.2. The fourth-order valence-electron chi connectivity index (χ4n) is 4.01. The molecule has 1 atom stereocenters. The molecule has 0 saturated carbocycles. The fraction of sp³-hybridized carbons (Fsp3) is 0.222. The highest BCUT2D eigenvalue weighted by Crippen LogP contribution is 2.46. The van der Waals surface area contributed by atoms with Crippen molar-refractivity contribution >= 4 is 46.5 Å². The summed E-state index contributed by atoms with van der Waals surface area (Å²) in [5, 5.41) is 5.35. The Morgan fingerprint density at radius 1 is 0.944 bits per heavy atom. The fourth-order valence-corrected chi connectivity index (χ4v) is 5.28. The van der Waals surface area contributed by atoms with Crippen molar-refractivity contribution in [1.29, 1.82) is 0 Å². The molecule has 1 aliphatic rings. The molecule has 4 rings (SSSR count). The van der Waals surface area contributed by atoms with Crippen molar-refractivity contribution in [2.45, 2.75) is 23.5 Å². The Hall–Kier alpha value is -3.98. The van der Waals surface area contributed by atoms with Gasteiger partial charge in [-0.3, -0.25) is 14.4 Å². The lowest BCUT2D eigenvalue weighted by atomic mass is 10.1. The van der Waals surface area contributed by atoms with Crippen molar-refractivity contribution in [1.82, 2.24) is 0 Å². The normalized spacial score (nSPS) is 14.9. The first kappa shape index (κ1) is 25.1. The van der Waals surface area contributed by atoms with Crippen LogP contribution in [-0.2, 0) is 14.4 Å². The lowest BCUT2D eigenvalue weighted by Crippen LogP contribution is -2.38. The Morgan fingerprint density at radius 3 is 2.39 bits per heavy atom. The van der Waals surface area contributed by atoms with Gasteiger partial charge in [-0.25, -0.2) is 0 Å². The molecule has 0 spiro atoms. The van der Waals surface area contributed by atoms with E-state index >= 15 is 0 Å². The molecule has 36 heavy (non-hydrogen) atoms. The molecule has 0 aliphatic carbocycles. The van der Waals surface area contributed by atoms with Crippen LogP contribution in [0.1, 0.15) is 24.2 Å². The van der Waals surface area contributed by atoms with E-state index in [1.165, 1.54) is 11.8 Å². The molecule has 1 aliphatic heterocycles. The molecule has 3 aromatic carbocycles. The van der Waals surface area contributed by atoms with Crippen LogP contribution in [0.25, 0.3) is 0 Å². The van der Waals surface area contributed by atoms with Gasteiger partial charge in [-0.2, -0.15) is 0 Å². The number of para-hydroxylation sites is 1. The van der Waals surface area contributed by atoms with Crippen molar-refractivity contribution in [3.8, 4) is 11.5 Å². The lowest BCUT2D eigenvalue weighted by molar-refractivity contribution is -0.121. The molecule has 9 heteroatoms. The first-order chi connectivity index (χ1) is 17.4. The summed E-state index contributed by atoms with van der Waals surface area (Å²) in [6.07, 6.45) is 0.208. The van der Waals surface area contributed by atoms with Crippen LogP contribution in [0.2, 0.25) is 0 Å². The monoisotopic (exact) mass is 505 g/mol. The van der Waals surface area contributed by atoms with Gasteiger partial charge in [0, 0.05) is 34.9 Å². The predicted octanol–water partition coefficient (Wildman–Crippen LogP) is 4.87. The van der Waals surface area contributed by atoms with Crippen LogP contribution in [-0.4, -0.2) is 38.5 Å². The van der Waals surface area contributed by atoms with Crippen LogP contribution >= 0.6 is 11.8 Å². The largest absolute Gasteiger partial charge is 0.493 e. The average Bonchev–Trinajstić information content (AvgIpc) is 2.99. The van der Waals surface area contributed by atoms with E-state index in [-0.39, 0.29) is 35.9 Å². The number of benzene rings is 3. The van der Waals surface area contributed by atoms with Crippen LogP contribution < -0.4 is 25.0 Å². The molecule has 186 valence electrons. The molecule has 0 saturated heterocycles. The number of carbonyl (C=O) groups excluding carboxylic acids is 3. The number of nitrogens with one attached hydrogen (secondary N) is 2. The summed E-state index contributed by atoms with van der Waals surface area (Å²) in [4.78, 5) is 40.2. The number of nitrogens with zero attached hydrogens (tertiary/aromatic N) is 1. The Bertz CT molecular complexity index is 1300. The summed E-state index contributed by atoms with van der Waals surface area (Å²) in [6, 6.07) is 20.1. The first-order valence-electron chi connectivity index (χ1n) is 11.3. The van der Waals surface area contributed by atoms with E-state index in [4.69, 9.17) is 9.47 Å². The highest BCUT2D eigenvalue weighted by Gasteiger charge is 2.31. The highest BCUT2D eigenvalue weighted by atomic mass is 32.2. The van der Waals surface area contributed by atoms with E-state index in [2.05, 4.69) is 10.6 Å². The zero-order valence-corrected chi connectivity index (χ0v) is 21.1. The van der Waals surface area contributed by atoms with E-state index in [9.17, 15) is 14.4 Å². The number of hydrogen-bond acceptors (Lipinski definition) is 6. The second-order valence-corrected chi connectivity index (χ2v) is 9.43. The molecule has 3 aromatic rings. The first-order valence-corrected chi connectivity index (χ1v) is 12.2. The van der Waals surface area contributed by atoms with Gasteiger partial charge in [0.25, 0.3) is 0 Å². The van der Waals surface area contributed by atoms with Gasteiger partial charge in [-0.1, -0.05) is 24.3 Å². The van der Waals surface area contributed by atoms with Gasteiger partial charge in [0.05, 0.1) is 19.9 Å². The van der Waals surface area contributed by atoms with Gasteiger partial charge >= 0.3 is 0 Å². The quantitative estimate of drug-likeness (QED) is 0.476. The van der Waals surface area contributed by atoms with Gasteiger partial charge in [-0.05, 0) is 48.0 Å². The number of amides is 3. The molecule has 0 aromatic heterocycles. The Kier molecular flexibility index (Phi) is 7.80. The minimum atomic E-state index is -0.340. The summed E-state index contributed by atoms with van der Waals surface area (Å²) < 4.78 is 10.8. The summed E-state index contributed by atoms with van der Waals surface area (Å²) >= 11 is 1.58. The van der Waals surface area contributed by atoms with Crippen LogP contribution in [0.4, 0.5) is 17.1 Å². The van der Waals surface area contributed by atoms with Gasteiger partial charge in [0.15, 0.2) is 11.5 Å². The van der Waals surface area contributed by atoms with Crippen LogP contribution in [0.15, 0.2) is 71.6 Å². The molecule has 0 radical (unpaired) electrons. The molecule has 8 nitrogen and oxygen atoms in total. The zero-order chi connectivity index (χ0) is 25.7. The Labute approximate surface area is 214 Å². The number of thioether (sulfide) groups is 1. The van der Waals surface area contributed by atoms with Crippen molar-refractivity contribution in [3.63, 3.8) is 0 Å². The molecule has 1 heterocycles. The van der Waals surface area contributed by atoms with Crippen LogP contribution in [0.3, 0.4) is 0 Å². The highest BCUT2D eigenvalue weighted by molar-refractivity contribution is 7.99. The van der Waals surface area contributed by atoms with Crippen LogP contribution in [0, 0.1) is 0 Å². The van der Waals surface area contributed by atoms with E-state index in [0.717, 1.165) is 10.5 Å². The average molecular weight is 506 g/mol. The number of ether oxygens (including phenoxy) is 2. The number of rotatable bonds is 7. The van der Waals surface area contributed by atoms with E-state index < -0.39 is 0 Å². The third-order valence-corrected chi connectivity index (χ3v) is 6.96. The van der Waals surface area contributed by atoms with Crippen molar-refractivity contribution in [2.75, 3.05) is 36.3 Å². The molecular formula is C27H27N3O5S. The van der Waals surface area contributed by atoms with Gasteiger partial charge in [0.1, 0.15) is 6.54 Å². The number of methoxy groups -OCH3 is 2. The van der Waals surface area contributed by atoms with E-state index in [1.54, 1.807) is 50.2 Å². The summed E-state index contributed by atoms with van der Waals surface area (Å²) in [6.45, 7) is 1.28. The molecule has 0 unspecified atom stereocenters. The number of fused-ring (bicyclic) bond motifs is 1. The van der Waals surface area contributed by atoms with Gasteiger partial charge in [0.2, 0.25) is 17.7 Å². The molecule has 0 fully saturated rings. The standard InChI is InChI=1S/C27H27N3O5S/c1-17(31)28-19-7-6-8-20(14-19)29-26(32)16-30-21-9-4-5-10-24(21)36-25(15-27(30)33)18-11-12-22(34-2)23(13-18)35-3/h4-14,25H,15-16H2,1-3H3,(H,28,31)(H,29,32)/t25-/m1/s1. The Morgan fingerprint density at radius 2 is 1.67 bits per heavy atom. The third-order valence-electron chi connectivity index (χ3n) is 5.63. The minimum absolute atomic E-state index is 0.139. The van der Waals surface area contributed by atoms with Crippen molar-refractivity contribution < 1.29 is 23.9 Å².